The van der Waals surface area contributed by atoms with Gasteiger partial charge in [0.2, 0.25) is 0 Å². The number of rotatable bonds is 7. The number of nitrogens with zero attached hydrogens (tertiary/aromatic N) is 1. The van der Waals surface area contributed by atoms with Crippen LogP contribution in [0.25, 0.3) is 0 Å². The molecule has 2 nitrogen and oxygen atoms in total. The summed E-state index contributed by atoms with van der Waals surface area (Å²) < 4.78 is 0. The van der Waals surface area contributed by atoms with Crippen molar-refractivity contribution < 1.29 is 0 Å². The van der Waals surface area contributed by atoms with E-state index in [0.29, 0.717) is 6.04 Å². The number of likely N-dealkylation sites (N-methyl/N-ethyl adjacent to an activating group) is 1. The first-order valence-electron chi connectivity index (χ1n) is 6.76. The average Bonchev–Trinajstić information content (AvgIpc) is 2.34. The van der Waals surface area contributed by atoms with Crippen molar-refractivity contribution >= 4 is 11.8 Å². The molecule has 1 atom stereocenters. The minimum Gasteiger partial charge on any atom is -0.327 e. The molecule has 2 N–H and O–H groups in total. The zero-order chi connectivity index (χ0) is 11.8. The summed E-state index contributed by atoms with van der Waals surface area (Å²) in [5.41, 5.74) is 6.19. The summed E-state index contributed by atoms with van der Waals surface area (Å²) >= 11 is 1.90. The van der Waals surface area contributed by atoms with Crippen molar-refractivity contribution in [2.24, 2.45) is 5.73 Å². The molecule has 96 valence electrons. The molecule has 0 aromatic carbocycles. The van der Waals surface area contributed by atoms with Crippen molar-refractivity contribution in [2.45, 2.75) is 57.5 Å². The fourth-order valence-corrected chi connectivity index (χ4v) is 3.18. The number of hydrogen-bond donors (Lipinski definition) is 1. The Balaban J connectivity index is 2.29. The highest BCUT2D eigenvalue weighted by atomic mass is 32.2. The van der Waals surface area contributed by atoms with E-state index in [1.807, 2.05) is 11.8 Å². The summed E-state index contributed by atoms with van der Waals surface area (Å²) in [7, 11) is 0. The van der Waals surface area contributed by atoms with Crippen LogP contribution in [0.2, 0.25) is 0 Å². The smallest absolute Gasteiger partial charge is 0.0175 e. The Kier molecular flexibility index (Phi) is 7.50. The van der Waals surface area contributed by atoms with Crippen LogP contribution in [0.5, 0.6) is 0 Å². The fraction of sp³-hybridized carbons (Fsp3) is 1.00. The quantitative estimate of drug-likeness (QED) is 0.746. The summed E-state index contributed by atoms with van der Waals surface area (Å²) in [5.74, 6) is 1.20. The van der Waals surface area contributed by atoms with Gasteiger partial charge in [0.1, 0.15) is 0 Å². The predicted octanol–water partition coefficient (Wildman–Crippen LogP) is 2.72. The van der Waals surface area contributed by atoms with Gasteiger partial charge in [-0.05, 0) is 37.8 Å². The first-order chi connectivity index (χ1) is 7.77. The Morgan fingerprint density at radius 3 is 2.56 bits per heavy atom. The van der Waals surface area contributed by atoms with Crippen molar-refractivity contribution in [2.75, 3.05) is 25.1 Å². The maximum Gasteiger partial charge on any atom is 0.0175 e. The van der Waals surface area contributed by atoms with Gasteiger partial charge in [0, 0.05) is 18.6 Å². The second kappa shape index (κ2) is 8.37. The van der Waals surface area contributed by atoms with Crippen molar-refractivity contribution in [3.8, 4) is 0 Å². The Labute approximate surface area is 105 Å². The van der Waals surface area contributed by atoms with E-state index in [4.69, 9.17) is 5.73 Å². The number of nitrogens with two attached hydrogens (primary N) is 1. The van der Waals surface area contributed by atoms with E-state index < -0.39 is 0 Å². The largest absolute Gasteiger partial charge is 0.327 e. The minimum absolute atomic E-state index is 0.370. The highest BCUT2D eigenvalue weighted by Gasteiger charge is 2.21. The van der Waals surface area contributed by atoms with Gasteiger partial charge >= 0.3 is 0 Å². The zero-order valence-electron chi connectivity index (χ0n) is 11.0. The van der Waals surface area contributed by atoms with Crippen LogP contribution in [-0.4, -0.2) is 42.1 Å². The third kappa shape index (κ3) is 5.07. The van der Waals surface area contributed by atoms with Crippen LogP contribution < -0.4 is 5.73 Å². The molecule has 0 spiro atoms. The lowest BCUT2D eigenvalue weighted by Crippen LogP contribution is -2.44. The molecule has 0 bridgehead atoms. The van der Waals surface area contributed by atoms with Gasteiger partial charge in [0.05, 0.1) is 0 Å². The molecular weight excluding hydrogens is 216 g/mol. The lowest BCUT2D eigenvalue weighted by molar-refractivity contribution is 0.154. The molecule has 0 saturated heterocycles. The van der Waals surface area contributed by atoms with Crippen molar-refractivity contribution in [1.29, 1.82) is 0 Å². The summed E-state index contributed by atoms with van der Waals surface area (Å²) in [4.78, 5) is 2.62. The van der Waals surface area contributed by atoms with E-state index in [9.17, 15) is 0 Å². The van der Waals surface area contributed by atoms with Gasteiger partial charge in [-0.15, -0.1) is 0 Å². The van der Waals surface area contributed by atoms with Gasteiger partial charge in [-0.1, -0.05) is 26.2 Å². The summed E-state index contributed by atoms with van der Waals surface area (Å²) in [6, 6.07) is 1.19. The lowest BCUT2D eigenvalue weighted by Gasteiger charge is -2.35. The molecule has 1 saturated carbocycles. The number of thioether (sulfide) groups is 1. The Morgan fingerprint density at radius 1 is 1.31 bits per heavy atom. The highest BCUT2D eigenvalue weighted by Crippen LogP contribution is 2.22. The van der Waals surface area contributed by atoms with Crippen LogP contribution in [-0.2, 0) is 0 Å². The van der Waals surface area contributed by atoms with Crippen molar-refractivity contribution in [1.82, 2.24) is 4.90 Å². The second-order valence-electron chi connectivity index (χ2n) is 4.92. The second-order valence-corrected chi connectivity index (χ2v) is 5.91. The first-order valence-corrected chi connectivity index (χ1v) is 8.15. The van der Waals surface area contributed by atoms with E-state index in [2.05, 4.69) is 18.1 Å². The molecular formula is C13H28N2S. The molecule has 0 radical (unpaired) electrons. The zero-order valence-corrected chi connectivity index (χ0v) is 11.8. The topological polar surface area (TPSA) is 29.3 Å². The lowest BCUT2D eigenvalue weighted by atomic mass is 9.94. The number of hydrogen-bond acceptors (Lipinski definition) is 3. The van der Waals surface area contributed by atoms with Crippen LogP contribution in [0, 0.1) is 0 Å². The van der Waals surface area contributed by atoms with Gasteiger partial charge in [-0.2, -0.15) is 11.8 Å². The monoisotopic (exact) mass is 244 g/mol. The molecule has 1 rings (SSSR count). The Morgan fingerprint density at radius 2 is 2.00 bits per heavy atom. The van der Waals surface area contributed by atoms with Gasteiger partial charge in [-0.25, -0.2) is 0 Å². The van der Waals surface area contributed by atoms with Crippen LogP contribution in [0.3, 0.4) is 0 Å². The van der Waals surface area contributed by atoms with Crippen LogP contribution in [0.15, 0.2) is 0 Å². The van der Waals surface area contributed by atoms with Crippen LogP contribution in [0.4, 0.5) is 0 Å². The van der Waals surface area contributed by atoms with Gasteiger partial charge in [0.15, 0.2) is 0 Å². The maximum atomic E-state index is 6.19. The third-order valence-electron chi connectivity index (χ3n) is 3.66. The van der Waals surface area contributed by atoms with E-state index in [-0.39, 0.29) is 0 Å². The van der Waals surface area contributed by atoms with Crippen LogP contribution in [0.1, 0.15) is 45.4 Å². The molecule has 0 heterocycles. The minimum atomic E-state index is 0.370. The summed E-state index contributed by atoms with van der Waals surface area (Å²) in [6.07, 6.45) is 10.4. The predicted molar refractivity (Wildman–Crippen MR) is 75.1 cm³/mol. The van der Waals surface area contributed by atoms with E-state index in [1.54, 1.807) is 0 Å². The van der Waals surface area contributed by atoms with Crippen molar-refractivity contribution in [3.63, 3.8) is 0 Å². The Hall–Kier alpha value is 0.270. The summed E-state index contributed by atoms with van der Waals surface area (Å²) in [6.45, 7) is 4.54. The maximum absolute atomic E-state index is 6.19. The third-order valence-corrected chi connectivity index (χ3v) is 4.30. The van der Waals surface area contributed by atoms with Crippen molar-refractivity contribution in [3.05, 3.63) is 0 Å². The summed E-state index contributed by atoms with van der Waals surface area (Å²) in [5, 5.41) is 0. The molecule has 0 amide bonds. The molecule has 1 aliphatic rings. The van der Waals surface area contributed by atoms with Gasteiger partial charge in [0.25, 0.3) is 0 Å². The molecule has 0 unspecified atom stereocenters. The highest BCUT2D eigenvalue weighted by molar-refractivity contribution is 7.98. The molecule has 1 aliphatic carbocycles. The van der Waals surface area contributed by atoms with Crippen LogP contribution >= 0.6 is 11.8 Å². The molecule has 0 aromatic rings. The molecule has 3 heteroatoms. The van der Waals surface area contributed by atoms with E-state index in [0.717, 1.165) is 25.6 Å². The normalized spacial score (nSPS) is 20.2. The Bertz CT molecular complexity index is 169. The first kappa shape index (κ1) is 14.3. The van der Waals surface area contributed by atoms with E-state index in [1.165, 1.54) is 37.9 Å². The molecule has 0 aromatic heterocycles. The van der Waals surface area contributed by atoms with E-state index >= 15 is 0 Å². The molecule has 1 fully saturated rings. The van der Waals surface area contributed by atoms with Gasteiger partial charge in [-0.3, -0.25) is 4.90 Å². The fourth-order valence-electron chi connectivity index (χ4n) is 2.64. The standard InChI is InChI=1S/C13H28N2S/c1-3-15(11-12(14)9-10-16-2)13-7-5-4-6-8-13/h12-13H,3-11,14H2,1-2H3/t12-/m1/s1. The SMILES string of the molecule is CCN(C[C@H](N)CCSC)C1CCCCC1. The van der Waals surface area contributed by atoms with Gasteiger partial charge < -0.3 is 5.73 Å². The molecule has 0 aliphatic heterocycles. The molecule has 16 heavy (non-hydrogen) atoms. The average molecular weight is 244 g/mol.